The molecule has 4 nitrogen and oxygen atoms in total. The predicted octanol–water partition coefficient (Wildman–Crippen LogP) is 2.94. The molecule has 0 spiro atoms. The van der Waals surface area contributed by atoms with Crippen LogP contribution in [0.2, 0.25) is 0 Å². The minimum absolute atomic E-state index is 0.132. The van der Waals surface area contributed by atoms with Gasteiger partial charge in [-0.15, -0.1) is 0 Å². The first-order valence-electron chi connectivity index (χ1n) is 6.68. The highest BCUT2D eigenvalue weighted by Gasteiger charge is 2.20. The standard InChI is InChI=1S/C14H26O4/c1-7-12(18-14(16)10(4)5)8-11(6)17-13(15)9(2)3/h9-12H,7-8H2,1-6H3. The van der Waals surface area contributed by atoms with E-state index in [2.05, 4.69) is 0 Å². The Hall–Kier alpha value is -1.06. The quantitative estimate of drug-likeness (QED) is 0.659. The lowest BCUT2D eigenvalue weighted by Crippen LogP contribution is -2.27. The van der Waals surface area contributed by atoms with E-state index in [1.54, 1.807) is 27.7 Å². The third-order valence-corrected chi connectivity index (χ3v) is 2.59. The van der Waals surface area contributed by atoms with Crippen LogP contribution in [0.3, 0.4) is 0 Å². The molecule has 18 heavy (non-hydrogen) atoms. The Morgan fingerprint density at radius 1 is 0.889 bits per heavy atom. The Balaban J connectivity index is 4.20. The lowest BCUT2D eigenvalue weighted by molar-refractivity contribution is -0.158. The van der Waals surface area contributed by atoms with Gasteiger partial charge in [-0.25, -0.2) is 0 Å². The maximum absolute atomic E-state index is 11.5. The molecule has 0 aliphatic rings. The summed E-state index contributed by atoms with van der Waals surface area (Å²) in [6.45, 7) is 11.0. The Morgan fingerprint density at radius 3 is 1.72 bits per heavy atom. The van der Waals surface area contributed by atoms with Gasteiger partial charge in [0.1, 0.15) is 12.2 Å². The average Bonchev–Trinajstić information content (AvgIpc) is 2.27. The number of carbonyl (C=O) groups is 2. The van der Waals surface area contributed by atoms with Crippen molar-refractivity contribution < 1.29 is 19.1 Å². The van der Waals surface area contributed by atoms with E-state index in [4.69, 9.17) is 9.47 Å². The van der Waals surface area contributed by atoms with Crippen LogP contribution < -0.4 is 0 Å². The summed E-state index contributed by atoms with van der Waals surface area (Å²) in [6, 6.07) is 0. The van der Waals surface area contributed by atoms with Crippen molar-refractivity contribution in [2.45, 2.75) is 66.6 Å². The van der Waals surface area contributed by atoms with E-state index < -0.39 is 0 Å². The Bertz CT molecular complexity index is 271. The van der Waals surface area contributed by atoms with Crippen molar-refractivity contribution >= 4 is 11.9 Å². The van der Waals surface area contributed by atoms with Gasteiger partial charge < -0.3 is 9.47 Å². The summed E-state index contributed by atoms with van der Waals surface area (Å²) in [5.41, 5.74) is 0. The van der Waals surface area contributed by atoms with Crippen LogP contribution in [0.1, 0.15) is 54.4 Å². The second kappa shape index (κ2) is 8.11. The molecule has 0 saturated carbocycles. The zero-order valence-corrected chi connectivity index (χ0v) is 12.4. The monoisotopic (exact) mass is 258 g/mol. The second-order valence-corrected chi connectivity index (χ2v) is 5.26. The van der Waals surface area contributed by atoms with Gasteiger partial charge in [0.05, 0.1) is 11.8 Å². The molecule has 0 saturated heterocycles. The van der Waals surface area contributed by atoms with E-state index in [9.17, 15) is 9.59 Å². The number of hydrogen-bond acceptors (Lipinski definition) is 4. The molecular formula is C14H26O4. The van der Waals surface area contributed by atoms with Crippen molar-refractivity contribution in [2.24, 2.45) is 11.8 Å². The minimum atomic E-state index is -0.232. The fourth-order valence-corrected chi connectivity index (χ4v) is 1.35. The van der Waals surface area contributed by atoms with Gasteiger partial charge in [-0.1, -0.05) is 34.6 Å². The lowest BCUT2D eigenvalue weighted by Gasteiger charge is -2.22. The van der Waals surface area contributed by atoms with Crippen LogP contribution >= 0.6 is 0 Å². The summed E-state index contributed by atoms with van der Waals surface area (Å²) in [5, 5.41) is 0. The summed E-state index contributed by atoms with van der Waals surface area (Å²) in [7, 11) is 0. The third kappa shape index (κ3) is 6.62. The molecule has 0 aromatic carbocycles. The van der Waals surface area contributed by atoms with Gasteiger partial charge in [0.2, 0.25) is 0 Å². The molecule has 106 valence electrons. The van der Waals surface area contributed by atoms with E-state index in [-0.39, 0.29) is 36.0 Å². The SMILES string of the molecule is CCC(CC(C)OC(=O)C(C)C)OC(=O)C(C)C. The molecule has 0 heterocycles. The fraction of sp³-hybridized carbons (Fsp3) is 0.857. The first-order chi connectivity index (χ1) is 8.27. The van der Waals surface area contributed by atoms with Crippen LogP contribution in [0.25, 0.3) is 0 Å². The summed E-state index contributed by atoms with van der Waals surface area (Å²) >= 11 is 0. The zero-order chi connectivity index (χ0) is 14.3. The highest BCUT2D eigenvalue weighted by atomic mass is 16.6. The summed E-state index contributed by atoms with van der Waals surface area (Å²) in [5.74, 6) is -0.685. The van der Waals surface area contributed by atoms with Crippen LogP contribution in [0.15, 0.2) is 0 Å². The highest BCUT2D eigenvalue weighted by molar-refractivity contribution is 5.72. The van der Waals surface area contributed by atoms with E-state index in [0.717, 1.165) is 6.42 Å². The Kier molecular flexibility index (Phi) is 7.64. The summed E-state index contributed by atoms with van der Waals surface area (Å²) in [4.78, 5) is 22.9. The van der Waals surface area contributed by atoms with Crippen LogP contribution in [-0.4, -0.2) is 24.1 Å². The van der Waals surface area contributed by atoms with Crippen LogP contribution in [0, 0.1) is 11.8 Å². The molecule has 2 unspecified atom stereocenters. The van der Waals surface area contributed by atoms with Gasteiger partial charge in [-0.2, -0.15) is 0 Å². The largest absolute Gasteiger partial charge is 0.462 e. The van der Waals surface area contributed by atoms with Gasteiger partial charge in [0, 0.05) is 6.42 Å². The third-order valence-electron chi connectivity index (χ3n) is 2.59. The summed E-state index contributed by atoms with van der Waals surface area (Å²) < 4.78 is 10.6. The number of carbonyl (C=O) groups excluding carboxylic acids is 2. The normalized spacial score (nSPS) is 14.4. The molecule has 4 heteroatoms. The Labute approximate surface area is 110 Å². The number of rotatable bonds is 7. The van der Waals surface area contributed by atoms with Crippen LogP contribution in [0.4, 0.5) is 0 Å². The van der Waals surface area contributed by atoms with Gasteiger partial charge in [-0.05, 0) is 13.3 Å². The maximum Gasteiger partial charge on any atom is 0.308 e. The topological polar surface area (TPSA) is 52.6 Å². The molecule has 0 N–H and O–H groups in total. The van der Waals surface area contributed by atoms with Crippen LogP contribution in [0.5, 0.6) is 0 Å². The first-order valence-corrected chi connectivity index (χ1v) is 6.68. The van der Waals surface area contributed by atoms with Crippen molar-refractivity contribution in [3.05, 3.63) is 0 Å². The van der Waals surface area contributed by atoms with Crippen molar-refractivity contribution in [1.82, 2.24) is 0 Å². The first kappa shape index (κ1) is 16.9. The summed E-state index contributed by atoms with van der Waals surface area (Å²) in [6.07, 6.45) is 0.856. The molecule has 0 fully saturated rings. The number of esters is 2. The van der Waals surface area contributed by atoms with Crippen molar-refractivity contribution in [3.63, 3.8) is 0 Å². The highest BCUT2D eigenvalue weighted by Crippen LogP contribution is 2.13. The van der Waals surface area contributed by atoms with E-state index in [0.29, 0.717) is 6.42 Å². The van der Waals surface area contributed by atoms with Gasteiger partial charge in [0.25, 0.3) is 0 Å². The minimum Gasteiger partial charge on any atom is -0.462 e. The Morgan fingerprint density at radius 2 is 1.33 bits per heavy atom. The molecule has 0 aliphatic carbocycles. The van der Waals surface area contributed by atoms with Gasteiger partial charge in [0.15, 0.2) is 0 Å². The maximum atomic E-state index is 11.5. The van der Waals surface area contributed by atoms with Crippen molar-refractivity contribution in [1.29, 1.82) is 0 Å². The molecule has 0 aromatic rings. The van der Waals surface area contributed by atoms with Crippen LogP contribution in [-0.2, 0) is 19.1 Å². The van der Waals surface area contributed by atoms with E-state index >= 15 is 0 Å². The van der Waals surface area contributed by atoms with Crippen molar-refractivity contribution in [3.8, 4) is 0 Å². The van der Waals surface area contributed by atoms with Gasteiger partial charge >= 0.3 is 11.9 Å². The predicted molar refractivity (Wildman–Crippen MR) is 70.0 cm³/mol. The molecule has 0 amide bonds. The molecule has 2 atom stereocenters. The molecule has 0 radical (unpaired) electrons. The molecule has 0 bridgehead atoms. The smallest absolute Gasteiger partial charge is 0.308 e. The fourth-order valence-electron chi connectivity index (χ4n) is 1.35. The molecule has 0 rings (SSSR count). The number of ether oxygens (including phenoxy) is 2. The average molecular weight is 258 g/mol. The lowest BCUT2D eigenvalue weighted by atomic mass is 10.1. The molecule has 0 aromatic heterocycles. The van der Waals surface area contributed by atoms with E-state index in [1.165, 1.54) is 0 Å². The van der Waals surface area contributed by atoms with E-state index in [1.807, 2.05) is 13.8 Å². The zero-order valence-electron chi connectivity index (χ0n) is 12.4. The van der Waals surface area contributed by atoms with Gasteiger partial charge in [-0.3, -0.25) is 9.59 Å². The second-order valence-electron chi connectivity index (χ2n) is 5.26. The number of hydrogen-bond donors (Lipinski definition) is 0. The molecular weight excluding hydrogens is 232 g/mol. The molecule has 0 aliphatic heterocycles. The van der Waals surface area contributed by atoms with Crippen molar-refractivity contribution in [2.75, 3.05) is 0 Å².